The zero-order valence-corrected chi connectivity index (χ0v) is 16.1. The predicted octanol–water partition coefficient (Wildman–Crippen LogP) is 4.84. The van der Waals surface area contributed by atoms with Crippen LogP contribution in [-0.4, -0.2) is 34.7 Å². The first-order valence-electron chi connectivity index (χ1n) is 8.79. The SMILES string of the molecule is COc1ccc2cc(-c3cccc(C4=NN=C(SCC(=O)O)C4)c3)ccc2c1. The smallest absolute Gasteiger partial charge is 0.313 e. The summed E-state index contributed by atoms with van der Waals surface area (Å²) in [6.07, 6.45) is 0.568. The zero-order valence-electron chi connectivity index (χ0n) is 15.3. The molecule has 0 spiro atoms. The summed E-state index contributed by atoms with van der Waals surface area (Å²) in [4.78, 5) is 10.7. The molecule has 0 saturated heterocycles. The monoisotopic (exact) mass is 390 g/mol. The number of aliphatic carboxylic acids is 1. The molecule has 0 bridgehead atoms. The van der Waals surface area contributed by atoms with E-state index in [0.717, 1.165) is 44.0 Å². The molecule has 0 saturated carbocycles. The van der Waals surface area contributed by atoms with Gasteiger partial charge in [0.05, 0.1) is 18.6 Å². The molecule has 0 aromatic heterocycles. The number of methoxy groups -OCH3 is 1. The summed E-state index contributed by atoms with van der Waals surface area (Å²) in [6, 6.07) is 20.6. The van der Waals surface area contributed by atoms with Crippen molar-refractivity contribution in [2.24, 2.45) is 10.2 Å². The second-order valence-corrected chi connectivity index (χ2v) is 7.46. The van der Waals surface area contributed by atoms with Crippen molar-refractivity contribution in [1.29, 1.82) is 0 Å². The van der Waals surface area contributed by atoms with E-state index in [1.807, 2.05) is 24.3 Å². The molecule has 1 aliphatic rings. The molecule has 0 unspecified atom stereocenters. The lowest BCUT2D eigenvalue weighted by Crippen LogP contribution is -2.05. The molecule has 140 valence electrons. The van der Waals surface area contributed by atoms with Crippen molar-refractivity contribution >= 4 is 39.3 Å². The summed E-state index contributed by atoms with van der Waals surface area (Å²) in [5, 5.41) is 20.2. The van der Waals surface area contributed by atoms with E-state index in [-0.39, 0.29) is 5.75 Å². The maximum Gasteiger partial charge on any atom is 0.313 e. The fourth-order valence-corrected chi connectivity index (χ4v) is 3.75. The highest BCUT2D eigenvalue weighted by atomic mass is 32.2. The first-order chi connectivity index (χ1) is 13.6. The minimum atomic E-state index is -0.850. The lowest BCUT2D eigenvalue weighted by molar-refractivity contribution is -0.133. The van der Waals surface area contributed by atoms with Crippen LogP contribution in [0.3, 0.4) is 0 Å². The maximum atomic E-state index is 10.7. The van der Waals surface area contributed by atoms with Gasteiger partial charge in [0.25, 0.3) is 0 Å². The molecule has 6 heteroatoms. The van der Waals surface area contributed by atoms with Gasteiger partial charge in [-0.25, -0.2) is 0 Å². The van der Waals surface area contributed by atoms with Crippen molar-refractivity contribution in [3.8, 4) is 16.9 Å². The lowest BCUT2D eigenvalue weighted by Gasteiger charge is -2.08. The Balaban J connectivity index is 1.56. The van der Waals surface area contributed by atoms with Crippen LogP contribution >= 0.6 is 11.8 Å². The number of carboxylic acids is 1. The molecular formula is C22H18N2O3S. The van der Waals surface area contributed by atoms with E-state index in [0.29, 0.717) is 6.42 Å². The molecule has 0 atom stereocenters. The molecule has 1 aliphatic heterocycles. The second-order valence-electron chi connectivity index (χ2n) is 6.41. The molecule has 0 radical (unpaired) electrons. The number of thioether (sulfide) groups is 1. The maximum absolute atomic E-state index is 10.7. The Morgan fingerprint density at radius 1 is 1.00 bits per heavy atom. The van der Waals surface area contributed by atoms with Crippen molar-refractivity contribution < 1.29 is 14.6 Å². The van der Waals surface area contributed by atoms with Crippen LogP contribution in [0.1, 0.15) is 12.0 Å². The Labute approximate surface area is 166 Å². The molecular weight excluding hydrogens is 372 g/mol. The van der Waals surface area contributed by atoms with Crippen LogP contribution < -0.4 is 4.74 Å². The van der Waals surface area contributed by atoms with Gasteiger partial charge in [-0.2, -0.15) is 5.10 Å². The third-order valence-electron chi connectivity index (χ3n) is 4.54. The molecule has 3 aromatic carbocycles. The van der Waals surface area contributed by atoms with E-state index in [1.54, 1.807) is 7.11 Å². The third kappa shape index (κ3) is 3.92. The average Bonchev–Trinajstić information content (AvgIpc) is 3.21. The first kappa shape index (κ1) is 18.3. The van der Waals surface area contributed by atoms with Crippen LogP contribution in [0.5, 0.6) is 5.75 Å². The Morgan fingerprint density at radius 2 is 1.75 bits per heavy atom. The molecule has 0 aliphatic carbocycles. The number of rotatable bonds is 5. The Morgan fingerprint density at radius 3 is 2.57 bits per heavy atom. The molecule has 28 heavy (non-hydrogen) atoms. The highest BCUT2D eigenvalue weighted by molar-refractivity contribution is 8.14. The highest BCUT2D eigenvalue weighted by Crippen LogP contribution is 2.28. The van der Waals surface area contributed by atoms with Gasteiger partial charge in [0.2, 0.25) is 0 Å². The molecule has 3 aromatic rings. The number of benzene rings is 3. The van der Waals surface area contributed by atoms with Gasteiger partial charge in [-0.1, -0.05) is 48.2 Å². The van der Waals surface area contributed by atoms with Crippen LogP contribution in [0.15, 0.2) is 70.9 Å². The summed E-state index contributed by atoms with van der Waals surface area (Å²) >= 11 is 1.22. The summed E-state index contributed by atoms with van der Waals surface area (Å²) in [5.41, 5.74) is 4.09. The van der Waals surface area contributed by atoms with Crippen LogP contribution in [0, 0.1) is 0 Å². The number of hydrogen-bond donors (Lipinski definition) is 1. The minimum Gasteiger partial charge on any atom is -0.497 e. The summed E-state index contributed by atoms with van der Waals surface area (Å²) in [5.74, 6) is -0.000984. The van der Waals surface area contributed by atoms with Crippen LogP contribution in [-0.2, 0) is 4.79 Å². The van der Waals surface area contributed by atoms with Gasteiger partial charge in [-0.3, -0.25) is 4.79 Å². The molecule has 5 nitrogen and oxygen atoms in total. The van der Waals surface area contributed by atoms with Gasteiger partial charge in [0.15, 0.2) is 0 Å². The molecule has 0 fully saturated rings. The lowest BCUT2D eigenvalue weighted by atomic mass is 9.98. The summed E-state index contributed by atoms with van der Waals surface area (Å²) in [7, 11) is 1.67. The quantitative estimate of drug-likeness (QED) is 0.677. The van der Waals surface area contributed by atoms with Gasteiger partial charge in [-0.15, -0.1) is 5.10 Å². The average molecular weight is 390 g/mol. The van der Waals surface area contributed by atoms with Crippen molar-refractivity contribution in [3.05, 3.63) is 66.2 Å². The second kappa shape index (κ2) is 7.86. The van der Waals surface area contributed by atoms with Crippen molar-refractivity contribution in [2.45, 2.75) is 6.42 Å². The highest BCUT2D eigenvalue weighted by Gasteiger charge is 2.16. The zero-order chi connectivity index (χ0) is 19.5. The number of carboxylic acid groups (broad SMARTS) is 1. The van der Waals surface area contributed by atoms with Gasteiger partial charge < -0.3 is 9.84 Å². The largest absolute Gasteiger partial charge is 0.497 e. The Bertz CT molecular complexity index is 1120. The molecule has 1 N–H and O–H groups in total. The first-order valence-corrected chi connectivity index (χ1v) is 9.77. The van der Waals surface area contributed by atoms with Gasteiger partial charge >= 0.3 is 5.97 Å². The standard InChI is InChI=1S/C22H18N2O3S/c1-27-19-8-7-16-9-15(5-6-17(16)11-19)14-3-2-4-18(10-14)20-12-21(24-23-20)28-13-22(25)26/h2-11H,12-13H2,1H3,(H,25,26). The van der Waals surface area contributed by atoms with Gasteiger partial charge in [0, 0.05) is 6.42 Å². The number of ether oxygens (including phenoxy) is 1. The van der Waals surface area contributed by atoms with Crippen LogP contribution in [0.2, 0.25) is 0 Å². The number of fused-ring (bicyclic) bond motifs is 1. The third-order valence-corrected chi connectivity index (χ3v) is 5.49. The Hall–Kier alpha value is -3.12. The summed E-state index contributed by atoms with van der Waals surface area (Å²) in [6.45, 7) is 0. The van der Waals surface area contributed by atoms with Gasteiger partial charge in [-0.05, 0) is 51.7 Å². The summed E-state index contributed by atoms with van der Waals surface area (Å²) < 4.78 is 5.29. The van der Waals surface area contributed by atoms with Crippen molar-refractivity contribution in [2.75, 3.05) is 12.9 Å². The van der Waals surface area contributed by atoms with E-state index in [4.69, 9.17) is 9.84 Å². The van der Waals surface area contributed by atoms with Crippen molar-refractivity contribution in [1.82, 2.24) is 0 Å². The fourth-order valence-electron chi connectivity index (χ4n) is 3.12. The molecule has 0 amide bonds. The molecule has 4 rings (SSSR count). The van der Waals surface area contributed by atoms with E-state index < -0.39 is 5.97 Å². The van der Waals surface area contributed by atoms with E-state index in [9.17, 15) is 4.79 Å². The van der Waals surface area contributed by atoms with E-state index >= 15 is 0 Å². The van der Waals surface area contributed by atoms with Crippen LogP contribution in [0.4, 0.5) is 0 Å². The topological polar surface area (TPSA) is 71.2 Å². The Kier molecular flexibility index (Phi) is 5.12. The van der Waals surface area contributed by atoms with E-state index in [2.05, 4.69) is 46.6 Å². The molecule has 1 heterocycles. The normalized spacial score (nSPS) is 13.3. The van der Waals surface area contributed by atoms with Crippen molar-refractivity contribution in [3.63, 3.8) is 0 Å². The predicted molar refractivity (Wildman–Crippen MR) is 115 cm³/mol. The number of carbonyl (C=O) groups is 1. The fraction of sp³-hybridized carbons (Fsp3) is 0.136. The van der Waals surface area contributed by atoms with Crippen LogP contribution in [0.25, 0.3) is 21.9 Å². The van der Waals surface area contributed by atoms with Gasteiger partial charge in [0.1, 0.15) is 10.8 Å². The van der Waals surface area contributed by atoms with E-state index in [1.165, 1.54) is 11.8 Å². The minimum absolute atomic E-state index is 0.00352. The number of nitrogens with zero attached hydrogens (tertiary/aromatic N) is 2. The number of hydrogen-bond acceptors (Lipinski definition) is 5.